The van der Waals surface area contributed by atoms with Gasteiger partial charge in [-0.3, -0.25) is 0 Å². The lowest BCUT2D eigenvalue weighted by Gasteiger charge is -2.38. The Morgan fingerprint density at radius 1 is 0.917 bits per heavy atom. The van der Waals surface area contributed by atoms with Gasteiger partial charge >= 0.3 is 0 Å². The molecule has 0 saturated carbocycles. The Hall–Kier alpha value is -0.903. The molecule has 0 spiro atoms. The average molecular weight is 405 g/mol. The minimum absolute atomic E-state index is 0.254. The van der Waals surface area contributed by atoms with Crippen LogP contribution in [0.25, 0.3) is 11.1 Å². The fourth-order valence-corrected chi connectivity index (χ4v) is 4.24. The maximum absolute atomic E-state index is 6.47. The van der Waals surface area contributed by atoms with Crippen molar-refractivity contribution in [2.24, 2.45) is 0 Å². The van der Waals surface area contributed by atoms with E-state index in [-0.39, 0.29) is 11.1 Å². The first-order valence-corrected chi connectivity index (χ1v) is 12.3. The van der Waals surface area contributed by atoms with Gasteiger partial charge in [-0.15, -0.1) is 0 Å². The van der Waals surface area contributed by atoms with Gasteiger partial charge in [-0.25, -0.2) is 0 Å². The van der Waals surface area contributed by atoms with Crippen LogP contribution in [0.15, 0.2) is 53.0 Å². The number of halogens is 1. The molecular formula is C21H29BrOSi. The summed E-state index contributed by atoms with van der Waals surface area (Å²) in [5.74, 6) is 0. The van der Waals surface area contributed by atoms with Crippen LogP contribution in [-0.2, 0) is 10.8 Å². The molecule has 0 heterocycles. The molecule has 0 aliphatic heterocycles. The quantitative estimate of drug-likeness (QED) is 0.484. The van der Waals surface area contributed by atoms with Gasteiger partial charge in [-0.1, -0.05) is 73.1 Å². The van der Waals surface area contributed by atoms with Gasteiger partial charge < -0.3 is 4.43 Å². The highest BCUT2D eigenvalue weighted by Gasteiger charge is 2.38. The van der Waals surface area contributed by atoms with E-state index in [1.165, 1.54) is 16.7 Å². The smallest absolute Gasteiger partial charge is 0.192 e. The van der Waals surface area contributed by atoms with Crippen molar-refractivity contribution in [2.45, 2.75) is 58.4 Å². The first-order valence-electron chi connectivity index (χ1n) is 8.61. The third-order valence-corrected chi connectivity index (χ3v) is 10.1. The van der Waals surface area contributed by atoms with E-state index in [9.17, 15) is 0 Å². The monoisotopic (exact) mass is 404 g/mol. The zero-order valence-corrected chi connectivity index (χ0v) is 18.3. The van der Waals surface area contributed by atoms with Crippen molar-refractivity contribution in [2.75, 3.05) is 0 Å². The van der Waals surface area contributed by atoms with Crippen LogP contribution in [0, 0.1) is 0 Å². The summed E-state index contributed by atoms with van der Waals surface area (Å²) in [6, 6.07) is 17.3. The summed E-state index contributed by atoms with van der Waals surface area (Å²) in [4.78, 5) is 0. The largest absolute Gasteiger partial charge is 0.414 e. The van der Waals surface area contributed by atoms with E-state index >= 15 is 0 Å². The van der Waals surface area contributed by atoms with E-state index in [0.717, 1.165) is 10.9 Å². The van der Waals surface area contributed by atoms with E-state index in [2.05, 4.69) is 105 Å². The van der Waals surface area contributed by atoms with E-state index in [4.69, 9.17) is 4.43 Å². The van der Waals surface area contributed by atoms with Crippen molar-refractivity contribution in [3.8, 4) is 11.1 Å². The van der Waals surface area contributed by atoms with E-state index in [0.29, 0.717) is 0 Å². The molecule has 24 heavy (non-hydrogen) atoms. The highest BCUT2D eigenvalue weighted by Crippen LogP contribution is 2.37. The van der Waals surface area contributed by atoms with Crippen LogP contribution in [0.5, 0.6) is 0 Å². The van der Waals surface area contributed by atoms with E-state index in [1.807, 2.05) is 0 Å². The molecule has 2 rings (SSSR count). The van der Waals surface area contributed by atoms with Gasteiger partial charge in [-0.05, 0) is 60.3 Å². The van der Waals surface area contributed by atoms with Gasteiger partial charge in [0.1, 0.15) is 0 Å². The van der Waals surface area contributed by atoms with Crippen LogP contribution in [0.4, 0.5) is 0 Å². The molecule has 0 saturated heterocycles. The molecule has 0 aliphatic rings. The lowest BCUT2D eigenvalue weighted by Crippen LogP contribution is -2.43. The summed E-state index contributed by atoms with van der Waals surface area (Å²) >= 11 is 3.48. The molecule has 0 amide bonds. The van der Waals surface area contributed by atoms with Crippen molar-refractivity contribution in [3.63, 3.8) is 0 Å². The van der Waals surface area contributed by atoms with Crippen LogP contribution in [-0.4, -0.2) is 14.4 Å². The SMILES string of the molecule is C[C@@H](Cc1ccc(-c2ccc(Br)cc2)cc1)O[Si](C)(C)C(C)(C)C. The average Bonchev–Trinajstić information content (AvgIpc) is 2.47. The molecule has 0 aliphatic carbocycles. The van der Waals surface area contributed by atoms with Crippen molar-refractivity contribution in [1.82, 2.24) is 0 Å². The van der Waals surface area contributed by atoms with Crippen molar-refractivity contribution < 1.29 is 4.43 Å². The first kappa shape index (κ1) is 19.4. The van der Waals surface area contributed by atoms with Crippen molar-refractivity contribution >= 4 is 24.2 Å². The maximum atomic E-state index is 6.47. The Morgan fingerprint density at radius 3 is 1.83 bits per heavy atom. The molecule has 1 nitrogen and oxygen atoms in total. The summed E-state index contributed by atoms with van der Waals surface area (Å²) in [7, 11) is -1.70. The fraction of sp³-hybridized carbons (Fsp3) is 0.429. The summed E-state index contributed by atoms with van der Waals surface area (Å²) in [6.07, 6.45) is 1.22. The molecule has 0 unspecified atom stereocenters. The van der Waals surface area contributed by atoms with Crippen LogP contribution in [0.2, 0.25) is 18.1 Å². The van der Waals surface area contributed by atoms with Crippen LogP contribution >= 0.6 is 15.9 Å². The van der Waals surface area contributed by atoms with Crippen molar-refractivity contribution in [1.29, 1.82) is 0 Å². The number of rotatable bonds is 5. The Kier molecular flexibility index (Phi) is 6.11. The van der Waals surface area contributed by atoms with Crippen molar-refractivity contribution in [3.05, 3.63) is 58.6 Å². The molecule has 2 aromatic carbocycles. The predicted molar refractivity (Wildman–Crippen MR) is 111 cm³/mol. The zero-order valence-electron chi connectivity index (χ0n) is 15.7. The molecule has 0 N–H and O–H groups in total. The van der Waals surface area contributed by atoms with Crippen LogP contribution in [0.1, 0.15) is 33.3 Å². The normalized spacial score (nSPS) is 13.8. The van der Waals surface area contributed by atoms with E-state index in [1.54, 1.807) is 0 Å². The highest BCUT2D eigenvalue weighted by atomic mass is 79.9. The third-order valence-electron chi connectivity index (χ3n) is 4.96. The van der Waals surface area contributed by atoms with Gasteiger partial charge in [0.2, 0.25) is 0 Å². The second kappa shape index (κ2) is 7.55. The van der Waals surface area contributed by atoms with E-state index < -0.39 is 8.32 Å². The van der Waals surface area contributed by atoms with Gasteiger partial charge in [0.15, 0.2) is 8.32 Å². The molecule has 0 radical (unpaired) electrons. The Morgan fingerprint density at radius 2 is 1.38 bits per heavy atom. The lowest BCUT2D eigenvalue weighted by molar-refractivity contribution is 0.199. The maximum Gasteiger partial charge on any atom is 0.192 e. The van der Waals surface area contributed by atoms with Gasteiger partial charge in [0.05, 0.1) is 0 Å². The first-order chi connectivity index (χ1) is 11.1. The molecular weight excluding hydrogens is 376 g/mol. The zero-order chi connectivity index (χ0) is 18.0. The molecule has 0 bridgehead atoms. The molecule has 130 valence electrons. The summed E-state index contributed by atoms with van der Waals surface area (Å²) in [5, 5.41) is 0.257. The Bertz CT molecular complexity index is 654. The van der Waals surface area contributed by atoms with Crippen LogP contribution < -0.4 is 0 Å². The topological polar surface area (TPSA) is 9.23 Å². The Labute approximate surface area is 156 Å². The molecule has 1 atom stereocenters. The number of hydrogen-bond donors (Lipinski definition) is 0. The van der Waals surface area contributed by atoms with Gasteiger partial charge in [-0.2, -0.15) is 0 Å². The highest BCUT2D eigenvalue weighted by molar-refractivity contribution is 9.10. The minimum atomic E-state index is -1.70. The summed E-state index contributed by atoms with van der Waals surface area (Å²) < 4.78 is 7.58. The second-order valence-electron chi connectivity index (χ2n) is 8.10. The van der Waals surface area contributed by atoms with Gasteiger partial charge in [0.25, 0.3) is 0 Å². The Balaban J connectivity index is 2.02. The molecule has 0 aromatic heterocycles. The standard InChI is InChI=1S/C21H29BrOSi/c1-16(23-24(5,6)21(2,3)4)15-17-7-9-18(10-8-17)19-11-13-20(22)14-12-19/h7-14,16H,15H2,1-6H3/t16-/m0/s1. The summed E-state index contributed by atoms with van der Waals surface area (Å²) in [6.45, 7) is 13.7. The lowest BCUT2D eigenvalue weighted by atomic mass is 10.0. The van der Waals surface area contributed by atoms with Crippen LogP contribution in [0.3, 0.4) is 0 Å². The predicted octanol–water partition coefficient (Wildman–Crippen LogP) is 7.07. The number of benzene rings is 2. The third kappa shape index (κ3) is 5.04. The summed E-state index contributed by atoms with van der Waals surface area (Å²) in [5.41, 5.74) is 3.83. The fourth-order valence-electron chi connectivity index (χ4n) is 2.53. The molecule has 0 fully saturated rings. The molecule has 3 heteroatoms. The minimum Gasteiger partial charge on any atom is -0.414 e. The second-order valence-corrected chi connectivity index (χ2v) is 13.8. The number of hydrogen-bond acceptors (Lipinski definition) is 1. The molecule has 2 aromatic rings. The van der Waals surface area contributed by atoms with Gasteiger partial charge in [0, 0.05) is 10.6 Å².